The molecule has 0 aliphatic heterocycles. The van der Waals surface area contributed by atoms with E-state index in [1.54, 1.807) is 6.21 Å². The monoisotopic (exact) mass is 316 g/mol. The molecule has 0 aromatic heterocycles. The molecular formula is C17H17ClN2O2. The molecule has 0 fully saturated rings. The average molecular weight is 317 g/mol. The maximum Gasteiger partial charge on any atom is 0.275 e. The zero-order chi connectivity index (χ0) is 16.1. The van der Waals surface area contributed by atoms with Crippen LogP contribution in [0.15, 0.2) is 47.6 Å². The molecule has 0 radical (unpaired) electrons. The van der Waals surface area contributed by atoms with E-state index in [1.807, 2.05) is 24.3 Å². The highest BCUT2D eigenvalue weighted by Gasteiger charge is 2.10. The first-order valence-electron chi connectivity index (χ1n) is 6.89. The summed E-state index contributed by atoms with van der Waals surface area (Å²) in [5.74, 6) is -0.204. The number of nitrogens with one attached hydrogen (secondary N) is 1. The molecule has 4 nitrogen and oxygen atoms in total. The fraction of sp³-hybridized carbons (Fsp3) is 0.176. The third kappa shape index (κ3) is 4.09. The molecule has 0 heterocycles. The smallest absolute Gasteiger partial charge is 0.275 e. The van der Waals surface area contributed by atoms with Gasteiger partial charge in [-0.05, 0) is 35.2 Å². The number of hydrogen-bond acceptors (Lipinski definition) is 3. The molecular weight excluding hydrogens is 300 g/mol. The number of benzene rings is 2. The van der Waals surface area contributed by atoms with Gasteiger partial charge >= 0.3 is 0 Å². The highest BCUT2D eigenvalue weighted by Crippen LogP contribution is 2.21. The van der Waals surface area contributed by atoms with Gasteiger partial charge in [0.2, 0.25) is 0 Å². The van der Waals surface area contributed by atoms with E-state index in [2.05, 4.69) is 24.4 Å². The minimum atomic E-state index is -0.496. The first-order valence-corrected chi connectivity index (χ1v) is 7.27. The molecule has 0 unspecified atom stereocenters. The van der Waals surface area contributed by atoms with Crippen molar-refractivity contribution in [2.45, 2.75) is 19.8 Å². The number of aromatic hydroxyl groups is 1. The second-order valence-electron chi connectivity index (χ2n) is 5.18. The Morgan fingerprint density at radius 2 is 1.91 bits per heavy atom. The minimum absolute atomic E-state index is 0.122. The molecule has 2 N–H and O–H groups in total. The summed E-state index contributed by atoms with van der Waals surface area (Å²) in [5.41, 5.74) is 4.62. The number of carbonyl (C=O) groups is 1. The molecule has 22 heavy (non-hydrogen) atoms. The maximum absolute atomic E-state index is 11.9. The van der Waals surface area contributed by atoms with Crippen molar-refractivity contribution in [1.29, 1.82) is 0 Å². The Balaban J connectivity index is 2.01. The van der Waals surface area contributed by atoms with Gasteiger partial charge in [-0.3, -0.25) is 4.79 Å². The van der Waals surface area contributed by atoms with Crippen LogP contribution in [0.5, 0.6) is 5.75 Å². The van der Waals surface area contributed by atoms with Crippen molar-refractivity contribution in [3.63, 3.8) is 0 Å². The Labute approximate surface area is 134 Å². The van der Waals surface area contributed by atoms with Crippen LogP contribution in [0.3, 0.4) is 0 Å². The molecule has 2 aromatic carbocycles. The first-order chi connectivity index (χ1) is 10.5. The standard InChI is InChI=1S/C17H17ClN2O2/c1-11(2)13-5-3-12(4-6-13)10-19-20-17(22)15-8-7-14(18)9-16(15)21/h3-11,21H,1-2H3,(H,20,22)/b19-10-. The van der Waals surface area contributed by atoms with Gasteiger partial charge in [0.05, 0.1) is 11.8 Å². The predicted molar refractivity (Wildman–Crippen MR) is 88.7 cm³/mol. The number of rotatable bonds is 4. The summed E-state index contributed by atoms with van der Waals surface area (Å²) in [6.45, 7) is 4.25. The van der Waals surface area contributed by atoms with Gasteiger partial charge in [0.1, 0.15) is 5.75 Å². The Kier molecular flexibility index (Phi) is 5.17. The van der Waals surface area contributed by atoms with Gasteiger partial charge in [0.15, 0.2) is 0 Å². The highest BCUT2D eigenvalue weighted by molar-refractivity contribution is 6.30. The lowest BCUT2D eigenvalue weighted by Crippen LogP contribution is -2.17. The van der Waals surface area contributed by atoms with Crippen LogP contribution in [0.4, 0.5) is 0 Å². The second-order valence-corrected chi connectivity index (χ2v) is 5.62. The van der Waals surface area contributed by atoms with Gasteiger partial charge in [-0.25, -0.2) is 5.43 Å². The number of phenolic OH excluding ortho intramolecular Hbond substituents is 1. The van der Waals surface area contributed by atoms with E-state index in [1.165, 1.54) is 23.8 Å². The summed E-state index contributed by atoms with van der Waals surface area (Å²) in [4.78, 5) is 11.9. The van der Waals surface area contributed by atoms with E-state index in [4.69, 9.17) is 11.6 Å². The summed E-state index contributed by atoms with van der Waals surface area (Å²) >= 11 is 5.72. The van der Waals surface area contributed by atoms with Gasteiger partial charge in [0, 0.05) is 5.02 Å². The van der Waals surface area contributed by atoms with E-state index >= 15 is 0 Å². The molecule has 0 saturated carbocycles. The molecule has 0 bridgehead atoms. The summed E-state index contributed by atoms with van der Waals surface area (Å²) in [6.07, 6.45) is 1.55. The van der Waals surface area contributed by atoms with Crippen molar-refractivity contribution in [3.05, 3.63) is 64.2 Å². The minimum Gasteiger partial charge on any atom is -0.507 e. The summed E-state index contributed by atoms with van der Waals surface area (Å²) in [6, 6.07) is 12.2. The fourth-order valence-electron chi connectivity index (χ4n) is 1.89. The molecule has 0 atom stereocenters. The molecule has 114 valence electrons. The van der Waals surface area contributed by atoms with Crippen LogP contribution in [0.2, 0.25) is 5.02 Å². The Bertz CT molecular complexity index is 694. The molecule has 0 spiro atoms. The largest absolute Gasteiger partial charge is 0.507 e. The lowest BCUT2D eigenvalue weighted by Gasteiger charge is -2.05. The van der Waals surface area contributed by atoms with Gasteiger partial charge < -0.3 is 5.11 Å². The summed E-state index contributed by atoms with van der Waals surface area (Å²) in [5, 5.41) is 13.9. The number of hydrogen-bond donors (Lipinski definition) is 2. The van der Waals surface area contributed by atoms with E-state index in [0.29, 0.717) is 10.9 Å². The summed E-state index contributed by atoms with van der Waals surface area (Å²) in [7, 11) is 0. The topological polar surface area (TPSA) is 61.7 Å². The van der Waals surface area contributed by atoms with E-state index in [-0.39, 0.29) is 11.3 Å². The van der Waals surface area contributed by atoms with Gasteiger partial charge in [0.25, 0.3) is 5.91 Å². The Hall–Kier alpha value is -2.33. The second kappa shape index (κ2) is 7.09. The molecule has 0 aliphatic rings. The lowest BCUT2D eigenvalue weighted by molar-refractivity contribution is 0.0952. The normalized spacial score (nSPS) is 11.1. The van der Waals surface area contributed by atoms with Crippen LogP contribution in [0, 0.1) is 0 Å². The van der Waals surface area contributed by atoms with Crippen LogP contribution in [-0.2, 0) is 0 Å². The average Bonchev–Trinajstić information content (AvgIpc) is 2.47. The van der Waals surface area contributed by atoms with Crippen molar-refractivity contribution in [3.8, 4) is 5.75 Å². The molecule has 0 aliphatic carbocycles. The Morgan fingerprint density at radius 1 is 1.23 bits per heavy atom. The number of carbonyl (C=O) groups excluding carboxylic acids is 1. The van der Waals surface area contributed by atoms with Crippen molar-refractivity contribution < 1.29 is 9.90 Å². The predicted octanol–water partition coefficient (Wildman–Crippen LogP) is 3.93. The quantitative estimate of drug-likeness (QED) is 0.663. The third-order valence-electron chi connectivity index (χ3n) is 3.19. The molecule has 1 amide bonds. The van der Waals surface area contributed by atoms with Crippen molar-refractivity contribution in [2.24, 2.45) is 5.10 Å². The molecule has 2 aromatic rings. The van der Waals surface area contributed by atoms with Gasteiger partial charge in [-0.15, -0.1) is 0 Å². The van der Waals surface area contributed by atoms with Crippen LogP contribution in [0.25, 0.3) is 0 Å². The van der Waals surface area contributed by atoms with E-state index in [0.717, 1.165) is 5.56 Å². The Morgan fingerprint density at radius 3 is 2.50 bits per heavy atom. The highest BCUT2D eigenvalue weighted by atomic mass is 35.5. The number of hydrazone groups is 1. The lowest BCUT2D eigenvalue weighted by atomic mass is 10.0. The van der Waals surface area contributed by atoms with Crippen LogP contribution >= 0.6 is 11.6 Å². The summed E-state index contributed by atoms with van der Waals surface area (Å²) < 4.78 is 0. The van der Waals surface area contributed by atoms with Crippen LogP contribution in [0.1, 0.15) is 41.3 Å². The van der Waals surface area contributed by atoms with Crippen molar-refractivity contribution in [1.82, 2.24) is 5.43 Å². The maximum atomic E-state index is 11.9. The molecule has 5 heteroatoms. The number of phenols is 1. The number of nitrogens with zero attached hydrogens (tertiary/aromatic N) is 1. The number of halogens is 1. The third-order valence-corrected chi connectivity index (χ3v) is 3.42. The van der Waals surface area contributed by atoms with Crippen molar-refractivity contribution >= 4 is 23.7 Å². The van der Waals surface area contributed by atoms with Gasteiger partial charge in [-0.2, -0.15) is 5.10 Å². The van der Waals surface area contributed by atoms with Gasteiger partial charge in [-0.1, -0.05) is 49.7 Å². The zero-order valence-electron chi connectivity index (χ0n) is 12.4. The first kappa shape index (κ1) is 16.0. The van der Waals surface area contributed by atoms with Crippen LogP contribution < -0.4 is 5.43 Å². The SMILES string of the molecule is CC(C)c1ccc(/C=N\NC(=O)c2ccc(Cl)cc2O)cc1. The van der Waals surface area contributed by atoms with E-state index in [9.17, 15) is 9.90 Å². The van der Waals surface area contributed by atoms with E-state index < -0.39 is 5.91 Å². The van der Waals surface area contributed by atoms with Crippen LogP contribution in [-0.4, -0.2) is 17.2 Å². The number of amides is 1. The fourth-order valence-corrected chi connectivity index (χ4v) is 2.06. The molecule has 2 rings (SSSR count). The van der Waals surface area contributed by atoms with Crippen molar-refractivity contribution in [2.75, 3.05) is 0 Å². The zero-order valence-corrected chi connectivity index (χ0v) is 13.1. The molecule has 0 saturated heterocycles.